The van der Waals surface area contributed by atoms with Crippen LogP contribution in [0.25, 0.3) is 0 Å². The van der Waals surface area contributed by atoms with E-state index in [0.717, 1.165) is 0 Å². The normalized spacial score (nSPS) is 11.4. The second kappa shape index (κ2) is 5.29. The number of aromatic nitrogens is 2. The minimum Gasteiger partial charge on any atom is -0.504 e. The number of aromatic amines is 1. The number of sulfonamides is 1. The summed E-state index contributed by atoms with van der Waals surface area (Å²) in [6, 6.07) is 4.86. The number of benzene rings is 1. The van der Waals surface area contributed by atoms with E-state index in [1.54, 1.807) is 18.2 Å². The number of methoxy groups -OCH3 is 1. The van der Waals surface area contributed by atoms with Gasteiger partial charge in [0.05, 0.1) is 19.6 Å². The Morgan fingerprint density at radius 2 is 2.26 bits per heavy atom. The lowest BCUT2D eigenvalue weighted by Gasteiger charge is -2.09. The summed E-state index contributed by atoms with van der Waals surface area (Å²) < 4.78 is 31.0. The molecule has 3 N–H and O–H groups in total. The number of phenols is 1. The van der Waals surface area contributed by atoms with E-state index in [-0.39, 0.29) is 17.3 Å². The van der Waals surface area contributed by atoms with Crippen molar-refractivity contribution in [2.75, 3.05) is 7.11 Å². The van der Waals surface area contributed by atoms with E-state index in [2.05, 4.69) is 14.7 Å². The van der Waals surface area contributed by atoms with Crippen molar-refractivity contribution in [1.82, 2.24) is 14.7 Å². The summed E-state index contributed by atoms with van der Waals surface area (Å²) >= 11 is 0. The van der Waals surface area contributed by atoms with E-state index in [1.165, 1.54) is 19.6 Å². The highest BCUT2D eigenvalue weighted by Gasteiger charge is 2.16. The number of H-pyrrole nitrogens is 1. The number of nitrogens with one attached hydrogen (secondary N) is 2. The number of rotatable bonds is 5. The third-order valence-corrected chi connectivity index (χ3v) is 3.84. The zero-order valence-electron chi connectivity index (χ0n) is 10.1. The molecule has 0 bridgehead atoms. The summed E-state index contributed by atoms with van der Waals surface area (Å²) in [5.74, 6) is 0.204. The molecule has 0 fully saturated rings. The Balaban J connectivity index is 2.16. The maximum atomic E-state index is 11.8. The molecule has 102 valence electrons. The molecule has 0 saturated carbocycles. The van der Waals surface area contributed by atoms with Crippen LogP contribution in [0, 0.1) is 0 Å². The van der Waals surface area contributed by atoms with E-state index in [9.17, 15) is 13.5 Å². The van der Waals surface area contributed by atoms with E-state index in [1.807, 2.05) is 0 Å². The van der Waals surface area contributed by atoms with Gasteiger partial charge in [0.15, 0.2) is 16.5 Å². The molecule has 0 radical (unpaired) electrons. The number of hydrogen-bond acceptors (Lipinski definition) is 5. The monoisotopic (exact) mass is 283 g/mol. The average Bonchev–Trinajstić information content (AvgIpc) is 2.92. The van der Waals surface area contributed by atoms with Gasteiger partial charge in [0, 0.05) is 12.1 Å². The molecule has 1 heterocycles. The summed E-state index contributed by atoms with van der Waals surface area (Å²) in [4.78, 5) is 6.15. The first-order chi connectivity index (χ1) is 9.04. The zero-order valence-corrected chi connectivity index (χ0v) is 10.9. The maximum Gasteiger partial charge on any atom is 0.257 e. The lowest BCUT2D eigenvalue weighted by molar-refractivity contribution is 0.370. The molecule has 1 aromatic heterocycles. The standard InChI is InChI=1S/C11H13N3O4S/c1-18-9-4-2-3-8(11(9)15)5-14-19(16,17)10-6-12-7-13-10/h2-4,6-7,14-15H,5H2,1H3,(H,12,13). The van der Waals surface area contributed by atoms with Gasteiger partial charge >= 0.3 is 0 Å². The number of hydrogen-bond donors (Lipinski definition) is 3. The minimum absolute atomic E-state index is 0.0325. The van der Waals surface area contributed by atoms with Crippen LogP contribution in [-0.4, -0.2) is 30.6 Å². The Morgan fingerprint density at radius 3 is 2.89 bits per heavy atom. The van der Waals surface area contributed by atoms with E-state index in [4.69, 9.17) is 4.74 Å². The van der Waals surface area contributed by atoms with Gasteiger partial charge in [-0.3, -0.25) is 0 Å². The Hall–Kier alpha value is -2.06. The molecule has 8 heteroatoms. The molecule has 0 unspecified atom stereocenters. The SMILES string of the molecule is COc1cccc(CNS(=O)(=O)c2cnc[nH]2)c1O. The number of imidazole rings is 1. The third-order valence-electron chi connectivity index (χ3n) is 2.52. The number of aromatic hydroxyl groups is 1. The van der Waals surface area contributed by atoms with Crippen LogP contribution in [0.2, 0.25) is 0 Å². The Labute approximate surface area is 110 Å². The second-order valence-corrected chi connectivity index (χ2v) is 5.44. The van der Waals surface area contributed by atoms with Crippen LogP contribution in [0.1, 0.15) is 5.56 Å². The molecule has 0 aliphatic rings. The third kappa shape index (κ3) is 2.85. The summed E-state index contributed by atoms with van der Waals surface area (Å²) in [6.45, 7) is -0.0512. The Bertz CT molecular complexity index is 653. The summed E-state index contributed by atoms with van der Waals surface area (Å²) in [5, 5.41) is 9.80. The van der Waals surface area contributed by atoms with Crippen molar-refractivity contribution in [3.63, 3.8) is 0 Å². The van der Waals surface area contributed by atoms with E-state index in [0.29, 0.717) is 11.3 Å². The predicted molar refractivity (Wildman–Crippen MR) is 67.3 cm³/mol. The molecule has 0 saturated heterocycles. The van der Waals surface area contributed by atoms with Crippen molar-refractivity contribution in [2.45, 2.75) is 11.6 Å². The van der Waals surface area contributed by atoms with Gasteiger partial charge < -0.3 is 14.8 Å². The lowest BCUT2D eigenvalue weighted by atomic mass is 10.2. The van der Waals surface area contributed by atoms with Gasteiger partial charge in [0.25, 0.3) is 10.0 Å². The fourth-order valence-corrected chi connectivity index (χ4v) is 2.42. The highest BCUT2D eigenvalue weighted by atomic mass is 32.2. The second-order valence-electron chi connectivity index (χ2n) is 3.71. The van der Waals surface area contributed by atoms with E-state index >= 15 is 0 Å². The number of para-hydroxylation sites is 1. The number of ether oxygens (including phenoxy) is 1. The Kier molecular flexibility index (Phi) is 3.72. The average molecular weight is 283 g/mol. The van der Waals surface area contributed by atoms with Gasteiger partial charge in [-0.25, -0.2) is 18.1 Å². The maximum absolute atomic E-state index is 11.8. The van der Waals surface area contributed by atoms with E-state index < -0.39 is 10.0 Å². The number of nitrogens with zero attached hydrogens (tertiary/aromatic N) is 1. The quantitative estimate of drug-likeness (QED) is 0.745. The molecule has 0 amide bonds. The fraction of sp³-hybridized carbons (Fsp3) is 0.182. The fourth-order valence-electron chi connectivity index (χ4n) is 1.52. The first kappa shape index (κ1) is 13.4. The zero-order chi connectivity index (χ0) is 13.9. The molecule has 0 atom stereocenters. The van der Waals surface area contributed by atoms with Gasteiger partial charge in [0.1, 0.15) is 0 Å². The Morgan fingerprint density at radius 1 is 1.47 bits per heavy atom. The van der Waals surface area contributed by atoms with Gasteiger partial charge in [-0.05, 0) is 6.07 Å². The topological polar surface area (TPSA) is 104 Å². The minimum atomic E-state index is -3.67. The van der Waals surface area contributed by atoms with Crippen molar-refractivity contribution in [3.05, 3.63) is 36.3 Å². The summed E-state index contributed by atoms with van der Waals surface area (Å²) in [6.07, 6.45) is 2.48. The van der Waals surface area contributed by atoms with Crippen molar-refractivity contribution < 1.29 is 18.3 Å². The van der Waals surface area contributed by atoms with Crippen LogP contribution < -0.4 is 9.46 Å². The van der Waals surface area contributed by atoms with Gasteiger partial charge in [0.2, 0.25) is 0 Å². The molecule has 1 aromatic carbocycles. The molecule has 2 rings (SSSR count). The van der Waals surface area contributed by atoms with Crippen LogP contribution in [0.5, 0.6) is 11.5 Å². The predicted octanol–water partition coefficient (Wildman–Crippen LogP) is 0.602. The highest BCUT2D eigenvalue weighted by molar-refractivity contribution is 7.89. The van der Waals surface area contributed by atoms with Crippen LogP contribution >= 0.6 is 0 Å². The first-order valence-electron chi connectivity index (χ1n) is 5.37. The highest BCUT2D eigenvalue weighted by Crippen LogP contribution is 2.29. The molecule has 0 spiro atoms. The van der Waals surface area contributed by atoms with Crippen LogP contribution in [-0.2, 0) is 16.6 Å². The smallest absolute Gasteiger partial charge is 0.257 e. The molecule has 7 nitrogen and oxygen atoms in total. The van der Waals surface area contributed by atoms with Crippen molar-refractivity contribution in [1.29, 1.82) is 0 Å². The molecule has 19 heavy (non-hydrogen) atoms. The van der Waals surface area contributed by atoms with Crippen LogP contribution in [0.3, 0.4) is 0 Å². The molecular weight excluding hydrogens is 270 g/mol. The number of phenolic OH excluding ortho intramolecular Hbond substituents is 1. The largest absolute Gasteiger partial charge is 0.504 e. The van der Waals surface area contributed by atoms with Crippen molar-refractivity contribution in [3.8, 4) is 11.5 Å². The molecule has 0 aliphatic carbocycles. The molecule has 2 aromatic rings. The summed E-state index contributed by atoms with van der Waals surface area (Å²) in [5.41, 5.74) is 0.419. The van der Waals surface area contributed by atoms with Gasteiger partial charge in [-0.15, -0.1) is 0 Å². The van der Waals surface area contributed by atoms with Crippen LogP contribution in [0.4, 0.5) is 0 Å². The lowest BCUT2D eigenvalue weighted by Crippen LogP contribution is -2.23. The van der Waals surface area contributed by atoms with Gasteiger partial charge in [-0.2, -0.15) is 0 Å². The first-order valence-corrected chi connectivity index (χ1v) is 6.86. The molecular formula is C11H13N3O4S. The summed E-state index contributed by atoms with van der Waals surface area (Å²) in [7, 11) is -2.25. The van der Waals surface area contributed by atoms with Crippen molar-refractivity contribution >= 4 is 10.0 Å². The van der Waals surface area contributed by atoms with Crippen molar-refractivity contribution in [2.24, 2.45) is 0 Å². The van der Waals surface area contributed by atoms with Crippen LogP contribution in [0.15, 0.2) is 35.7 Å². The molecule has 0 aliphatic heterocycles. The van der Waals surface area contributed by atoms with Gasteiger partial charge in [-0.1, -0.05) is 12.1 Å².